The van der Waals surface area contributed by atoms with E-state index in [0.29, 0.717) is 0 Å². The van der Waals surface area contributed by atoms with E-state index in [9.17, 15) is 0 Å². The summed E-state index contributed by atoms with van der Waals surface area (Å²) in [6, 6.07) is 4.99. The van der Waals surface area contributed by atoms with Crippen LogP contribution in [0.3, 0.4) is 0 Å². The van der Waals surface area contributed by atoms with Gasteiger partial charge in [0.05, 0.1) is 8.80 Å². The standard InChI is InChI=1S/C25H33Si.3CH3.Ti/c1-16-14-23(15-17(2)18(16)3)26(25(8)12-10-9-11-13-25)24-21(6)19(4)20(5)22(24)7;;;;/h9-12,14-15,26H,13H2,1-8H3;3*1H3;/q4*-1;+4. The van der Waals surface area contributed by atoms with Crippen molar-refractivity contribution in [2.24, 2.45) is 0 Å². The summed E-state index contributed by atoms with van der Waals surface area (Å²) in [6.45, 7) is 18.6. The van der Waals surface area contributed by atoms with Crippen LogP contribution in [0, 0.1) is 70.7 Å². The molecule has 0 bridgehead atoms. The summed E-state index contributed by atoms with van der Waals surface area (Å²) in [5.41, 5.74) is 10.4. The molecule has 0 radical (unpaired) electrons. The molecule has 162 valence electrons. The second kappa shape index (κ2) is 11.6. The largest absolute Gasteiger partial charge is 4.00 e. The van der Waals surface area contributed by atoms with Crippen molar-refractivity contribution in [2.75, 3.05) is 0 Å². The van der Waals surface area contributed by atoms with Crippen LogP contribution in [0.15, 0.2) is 36.4 Å². The summed E-state index contributed by atoms with van der Waals surface area (Å²) in [7, 11) is -1.45. The number of rotatable bonds is 3. The molecule has 0 N–H and O–H groups in total. The first-order chi connectivity index (χ1) is 12.2. The zero-order valence-corrected chi connectivity index (χ0v) is 24.0. The summed E-state index contributed by atoms with van der Waals surface area (Å²) < 4.78 is 0. The van der Waals surface area contributed by atoms with E-state index >= 15 is 0 Å². The van der Waals surface area contributed by atoms with Crippen molar-refractivity contribution in [1.82, 2.24) is 0 Å². The van der Waals surface area contributed by atoms with Crippen molar-refractivity contribution in [3.63, 3.8) is 0 Å². The average molecular weight is 455 g/mol. The first-order valence-electron chi connectivity index (χ1n) is 9.82. The molecule has 0 spiro atoms. The topological polar surface area (TPSA) is 0 Å². The molecule has 1 aliphatic rings. The minimum Gasteiger partial charge on any atom is -0.358 e. The van der Waals surface area contributed by atoms with Gasteiger partial charge >= 0.3 is 21.7 Å². The summed E-state index contributed by atoms with van der Waals surface area (Å²) in [4.78, 5) is 0. The van der Waals surface area contributed by atoms with E-state index < -0.39 is 8.80 Å². The maximum absolute atomic E-state index is 2.49. The smallest absolute Gasteiger partial charge is 0.358 e. The third-order valence-corrected chi connectivity index (χ3v) is 11.2. The molecule has 1 aliphatic carbocycles. The predicted octanol–water partition coefficient (Wildman–Crippen LogP) is 6.53. The summed E-state index contributed by atoms with van der Waals surface area (Å²) in [6.07, 6.45) is 10.5. The van der Waals surface area contributed by atoms with Gasteiger partial charge in [0, 0.05) is 0 Å². The van der Waals surface area contributed by atoms with E-state index in [1.807, 2.05) is 0 Å². The predicted molar refractivity (Wildman–Crippen MR) is 139 cm³/mol. The van der Waals surface area contributed by atoms with Crippen molar-refractivity contribution >= 4 is 19.2 Å². The van der Waals surface area contributed by atoms with E-state index in [4.69, 9.17) is 0 Å². The molecule has 0 fully saturated rings. The fourth-order valence-electron chi connectivity index (χ4n) is 4.75. The Kier molecular flexibility index (Phi) is 12.0. The molecule has 2 atom stereocenters. The average Bonchev–Trinajstić information content (AvgIpc) is 2.78. The summed E-state index contributed by atoms with van der Waals surface area (Å²) >= 11 is 0. The van der Waals surface area contributed by atoms with E-state index in [2.05, 4.69) is 91.8 Å². The molecular weight excluding hydrogens is 412 g/mol. The van der Waals surface area contributed by atoms with E-state index in [0.717, 1.165) is 6.42 Å². The second-order valence-electron chi connectivity index (χ2n) is 8.62. The molecule has 0 saturated heterocycles. The van der Waals surface area contributed by atoms with Crippen LogP contribution < -0.4 is 10.4 Å². The van der Waals surface area contributed by atoms with Crippen LogP contribution in [0.4, 0.5) is 0 Å². The van der Waals surface area contributed by atoms with Gasteiger partial charge in [-0.25, -0.2) is 0 Å². The zero-order chi connectivity index (χ0) is 19.2. The Morgan fingerprint density at radius 1 is 0.767 bits per heavy atom. The third-order valence-electron chi connectivity index (χ3n) is 7.01. The van der Waals surface area contributed by atoms with Crippen molar-refractivity contribution in [1.29, 1.82) is 0 Å². The Labute approximate surface area is 204 Å². The van der Waals surface area contributed by atoms with Crippen LogP contribution in [-0.4, -0.2) is 8.80 Å². The van der Waals surface area contributed by atoms with Crippen LogP contribution in [0.1, 0.15) is 52.3 Å². The molecule has 0 amide bonds. The quantitative estimate of drug-likeness (QED) is 0.365. The molecular formula is C28H42SiTi. The van der Waals surface area contributed by atoms with Gasteiger partial charge in [-0.15, -0.1) is 0 Å². The zero-order valence-electron chi connectivity index (χ0n) is 21.2. The fraction of sp³-hybridized carbons (Fsp3) is 0.357. The number of hydrogen-bond donors (Lipinski definition) is 0. The maximum Gasteiger partial charge on any atom is 4.00 e. The van der Waals surface area contributed by atoms with E-state index in [1.165, 1.54) is 38.9 Å². The van der Waals surface area contributed by atoms with E-state index in [1.54, 1.807) is 10.4 Å². The second-order valence-corrected chi connectivity index (χ2v) is 12.1. The molecule has 0 heterocycles. The van der Waals surface area contributed by atoms with Gasteiger partial charge in [-0.3, -0.25) is 0 Å². The molecule has 30 heavy (non-hydrogen) atoms. The van der Waals surface area contributed by atoms with Crippen molar-refractivity contribution in [3.05, 3.63) is 97.7 Å². The number of hydrogen-bond acceptors (Lipinski definition) is 0. The first-order valence-corrected chi connectivity index (χ1v) is 11.6. The van der Waals surface area contributed by atoms with Crippen LogP contribution in [0.5, 0.6) is 0 Å². The Hall–Kier alpha value is -1.02. The van der Waals surface area contributed by atoms with Gasteiger partial charge in [0.2, 0.25) is 0 Å². The Balaban J connectivity index is 0. The molecule has 2 unspecified atom stereocenters. The Morgan fingerprint density at radius 3 is 1.63 bits per heavy atom. The normalized spacial score (nSPS) is 17.9. The fourth-order valence-corrected chi connectivity index (χ4v) is 9.31. The van der Waals surface area contributed by atoms with Gasteiger partial charge in [-0.05, 0) is 48.9 Å². The van der Waals surface area contributed by atoms with Gasteiger partial charge in [0.25, 0.3) is 0 Å². The monoisotopic (exact) mass is 454 g/mol. The minimum atomic E-state index is -1.45. The Bertz CT molecular complexity index is 865. The number of allylic oxidation sites excluding steroid dienone is 4. The number of aryl methyl sites for hydroxylation is 2. The minimum absolute atomic E-state index is 0. The first kappa shape index (κ1) is 31.2. The van der Waals surface area contributed by atoms with Gasteiger partial charge < -0.3 is 22.3 Å². The number of benzene rings is 1. The molecule has 2 heteroatoms. The summed E-state index contributed by atoms with van der Waals surface area (Å²) in [5, 5.41) is 3.53. The molecule has 0 aliphatic heterocycles. The van der Waals surface area contributed by atoms with Gasteiger partial charge in [-0.2, -0.15) is 27.4 Å². The molecule has 0 nitrogen and oxygen atoms in total. The van der Waals surface area contributed by atoms with Crippen molar-refractivity contribution in [3.8, 4) is 0 Å². The van der Waals surface area contributed by atoms with Crippen LogP contribution in [0.2, 0.25) is 5.04 Å². The SMILES string of the molecule is Cc1cc([SiH]([c-]2c(C)c(C)c(C)c2C)C2(C)C=CC=CC2)cc(C)c1C.[CH3-].[CH3-].[CH3-].[Ti+4]. The molecule has 0 aromatic heterocycles. The molecule has 2 aromatic carbocycles. The van der Waals surface area contributed by atoms with Crippen molar-refractivity contribution < 1.29 is 21.7 Å². The third kappa shape index (κ3) is 5.24. The van der Waals surface area contributed by atoms with Gasteiger partial charge in [0.15, 0.2) is 0 Å². The maximum atomic E-state index is 2.49. The van der Waals surface area contributed by atoms with Crippen LogP contribution >= 0.6 is 0 Å². The van der Waals surface area contributed by atoms with Crippen LogP contribution in [-0.2, 0) is 21.7 Å². The van der Waals surface area contributed by atoms with Crippen molar-refractivity contribution in [2.45, 2.75) is 66.8 Å². The molecule has 0 saturated carbocycles. The van der Waals surface area contributed by atoms with Crippen LogP contribution in [0.25, 0.3) is 0 Å². The Morgan fingerprint density at radius 2 is 1.23 bits per heavy atom. The van der Waals surface area contributed by atoms with E-state index in [-0.39, 0.29) is 49.0 Å². The van der Waals surface area contributed by atoms with Gasteiger partial charge in [0.1, 0.15) is 0 Å². The summed E-state index contributed by atoms with van der Waals surface area (Å²) in [5.74, 6) is 0. The molecule has 3 rings (SSSR count). The molecule has 2 aromatic rings. The van der Waals surface area contributed by atoms with Gasteiger partial charge in [-0.1, -0.05) is 76.2 Å².